The van der Waals surface area contributed by atoms with E-state index in [-0.39, 0.29) is 96.0 Å². The molecule has 1 unspecified atom stereocenters. The SMILES string of the molecule is CCCC[C@H]1C(=O)N(C)[C@@H](CCCC)C(=O)N[C@@H](CCCNC(=N)N)C(=O)N[C@H](C(=O)NCC(N)=O)CSCC(=O)N[C@@H](Cc2ccc(O)cc2)C(O)N(C)[C@@H](C)C(=O)N[C@@H](CC(N)=O)C(=O)N2CCC[C@H]2C(=O)N[C@@H](CN)C(=O)N[C@@H](CCC(N)=O)C(=O)N2CCC[C@H]2C(=O)N[C@@H](Cc2c[nH]c3ccccc23)C(=O)N[C@@H](CO)C(=O)N[C@@H](Cc2c[nH]c3ccccc23)C(=O)N1C. The fraction of sp³-hybridized carbons (Fsp3) is 0.540. The molecule has 0 bridgehead atoms. The van der Waals surface area contributed by atoms with Crippen LogP contribution in [0.1, 0.15) is 134 Å². The van der Waals surface area contributed by atoms with Crippen LogP contribution in [0.3, 0.4) is 0 Å². The van der Waals surface area contributed by atoms with Gasteiger partial charge in [-0.25, -0.2) is 0 Å². The number of primary amides is 3. The van der Waals surface area contributed by atoms with Crippen molar-refractivity contribution in [1.82, 2.24) is 93.0 Å². The maximum absolute atomic E-state index is 15.7. The van der Waals surface area contributed by atoms with Gasteiger partial charge >= 0.3 is 0 Å². The molecule has 720 valence electrons. The third-order valence-corrected chi connectivity index (χ3v) is 24.7. The van der Waals surface area contributed by atoms with Crippen molar-refractivity contribution >= 4 is 140 Å². The van der Waals surface area contributed by atoms with Crippen LogP contribution in [0, 0.1) is 5.41 Å². The van der Waals surface area contributed by atoms with Gasteiger partial charge in [0.2, 0.25) is 100 Å². The number of guanidine groups is 1. The van der Waals surface area contributed by atoms with Crippen LogP contribution in [0.5, 0.6) is 5.75 Å². The molecule has 0 spiro atoms. The molecule has 27 N–H and O–H groups in total. The van der Waals surface area contributed by atoms with Gasteiger partial charge in [0.05, 0.1) is 37.4 Å². The number of aromatic amines is 2. The van der Waals surface area contributed by atoms with Gasteiger partial charge in [0.1, 0.15) is 84.5 Å². The molecule has 5 heterocycles. The molecule has 8 rings (SSSR count). The van der Waals surface area contributed by atoms with Crippen LogP contribution in [-0.4, -0.2) is 319 Å². The number of phenolic OH excluding ortho intramolecular Hbond substituents is 1. The van der Waals surface area contributed by atoms with Crippen LogP contribution < -0.4 is 87.2 Å². The fourth-order valence-corrected chi connectivity index (χ4v) is 17.0. The summed E-state index contributed by atoms with van der Waals surface area (Å²) in [6, 6.07) is -1.88. The van der Waals surface area contributed by atoms with E-state index in [1.165, 1.54) is 52.3 Å². The summed E-state index contributed by atoms with van der Waals surface area (Å²) < 4.78 is 0. The van der Waals surface area contributed by atoms with Gasteiger partial charge in [-0.05, 0) is 119 Å². The lowest BCUT2D eigenvalue weighted by Crippen LogP contribution is -2.62. The average molecular weight is 1860 g/mol. The summed E-state index contributed by atoms with van der Waals surface area (Å²) in [5.74, 6) is -17.6. The van der Waals surface area contributed by atoms with Gasteiger partial charge in [-0.1, -0.05) is 88.1 Å². The number of thioether (sulfide) groups is 1. The molecular formula is C87H126N24O20S. The number of nitrogens with two attached hydrogens (primary N) is 5. The second kappa shape index (κ2) is 50.4. The number of carbonyl (C=O) groups is 17. The highest BCUT2D eigenvalue weighted by atomic mass is 32.2. The van der Waals surface area contributed by atoms with E-state index >= 15 is 33.6 Å². The number of rotatable bonds is 26. The number of likely N-dealkylation sites (N-methyl/N-ethyl adjacent to an activating group) is 3. The Morgan fingerprint density at radius 3 is 1.59 bits per heavy atom. The largest absolute Gasteiger partial charge is 0.508 e. The molecular weight excluding hydrogens is 1730 g/mol. The number of para-hydroxylation sites is 2. The second-order valence-corrected chi connectivity index (χ2v) is 34.3. The number of fused-ring (bicyclic) bond motifs is 4. The first kappa shape index (κ1) is 104. The number of nitrogens with zero attached hydrogens (tertiary/aromatic N) is 5. The standard InChI is InChI=1S/C87H126N24O20S/c1-7-9-23-65-79(124)99-56(22-15-33-94-87(92)93)75(120)106-64(74(119)97-43-71(91)116)45-132-46-72(117)98-59(36-48-27-29-51(113)30-28-48)82(127)107(4)47(3)73(118)102-61(39-70(90)115)85(130)111-35-17-26-67(111)81(126)104-62(40-88)77(122)100-57(31-32-69(89)114)84(129)110-34-16-25-66(110)80(125)101-58(37-49-41-95-54-20-13-11-18-52(49)54)76(121)105-63(44-112)78(123)103-60(38-50-42-96-55-21-14-12-19-53(50)55)83(128)109(6)68(24-10-8-2)86(131)108(65)5/h11-14,18-21,27-30,41-42,47,56-68,82,95-96,112-113,127H,7-10,15-17,22-26,31-40,43-46,88H2,1-6H3,(H2,89,114)(H2,90,115)(H2,91,116)(H,97,119)(H,98,117)(H,99,124)(H,100,122)(H,101,125)(H,102,118)(H,103,123)(H,104,126)(H,105,121)(H,106,120)(H4,92,93,94)/t47-,56-,57-,58-,59-,60-,61-,62-,63-,64-,65-,66-,67-,68-,82?/m0/s1. The number of amides is 17. The molecule has 3 fully saturated rings. The van der Waals surface area contributed by atoms with Crippen LogP contribution in [0.25, 0.3) is 21.8 Å². The lowest BCUT2D eigenvalue weighted by atomic mass is 10.00. The van der Waals surface area contributed by atoms with Gasteiger partial charge in [0.25, 0.3) is 0 Å². The minimum absolute atomic E-state index is 0.00946. The minimum Gasteiger partial charge on any atom is -0.508 e. The quantitative estimate of drug-likeness (QED) is 0.0140. The maximum atomic E-state index is 15.7. The number of unbranched alkanes of at least 4 members (excludes halogenated alkanes) is 2. The van der Waals surface area contributed by atoms with Crippen LogP contribution in [0.4, 0.5) is 0 Å². The molecule has 44 nitrogen and oxygen atoms in total. The van der Waals surface area contributed by atoms with E-state index in [9.17, 15) is 63.3 Å². The van der Waals surface area contributed by atoms with E-state index in [1.54, 1.807) is 60.9 Å². The number of phenols is 1. The first-order valence-electron chi connectivity index (χ1n) is 44.1. The van der Waals surface area contributed by atoms with Gasteiger partial charge < -0.3 is 132 Å². The third kappa shape index (κ3) is 29.2. The summed E-state index contributed by atoms with van der Waals surface area (Å²) in [7, 11) is 3.98. The summed E-state index contributed by atoms with van der Waals surface area (Å²) >= 11 is 0.783. The topological polar surface area (TPSA) is 685 Å². The summed E-state index contributed by atoms with van der Waals surface area (Å²) in [4.78, 5) is 258. The van der Waals surface area contributed by atoms with Crippen molar-refractivity contribution < 1.29 is 96.8 Å². The predicted molar refractivity (Wildman–Crippen MR) is 485 cm³/mol. The van der Waals surface area contributed by atoms with E-state index in [0.717, 1.165) is 36.3 Å². The molecule has 0 radical (unpaired) electrons. The van der Waals surface area contributed by atoms with Crippen molar-refractivity contribution in [1.29, 1.82) is 5.41 Å². The normalized spacial score (nSPS) is 25.1. The number of carbonyl (C=O) groups excluding carboxylic acids is 17. The Kier molecular flexibility index (Phi) is 39.9. The van der Waals surface area contributed by atoms with Gasteiger partial charge in [0.15, 0.2) is 5.96 Å². The lowest BCUT2D eigenvalue weighted by molar-refractivity contribution is -0.149. The maximum Gasteiger partial charge on any atom is 0.246 e. The number of aliphatic hydroxyl groups excluding tert-OH is 2. The van der Waals surface area contributed by atoms with Gasteiger partial charge in [-0.2, -0.15) is 0 Å². The Morgan fingerprint density at radius 1 is 0.523 bits per heavy atom. The first-order chi connectivity index (χ1) is 62.9. The summed E-state index contributed by atoms with van der Waals surface area (Å²) in [5, 5.41) is 71.4. The predicted octanol–water partition coefficient (Wildman–Crippen LogP) is -4.90. The van der Waals surface area contributed by atoms with E-state index in [2.05, 4.69) is 68.5 Å². The molecule has 45 heteroatoms. The zero-order valence-corrected chi connectivity index (χ0v) is 75.8. The molecule has 2 aromatic heterocycles. The van der Waals surface area contributed by atoms with E-state index < -0.39 is 248 Å². The van der Waals surface area contributed by atoms with Crippen molar-refractivity contribution in [2.24, 2.45) is 28.7 Å². The van der Waals surface area contributed by atoms with Gasteiger partial charge in [-0.15, -0.1) is 11.8 Å². The number of hydrogen-bond donors (Lipinski definition) is 22. The number of aliphatic hydroxyl groups is 2. The van der Waals surface area contributed by atoms with Crippen molar-refractivity contribution in [3.05, 3.63) is 102 Å². The fourth-order valence-electron chi connectivity index (χ4n) is 16.2. The minimum atomic E-state index is -1.88. The molecule has 3 aliphatic rings. The lowest BCUT2D eigenvalue weighted by Gasteiger charge is -2.36. The zero-order valence-electron chi connectivity index (χ0n) is 74.9. The number of H-pyrrole nitrogens is 2. The van der Waals surface area contributed by atoms with Gasteiger partial charge in [-0.3, -0.25) is 91.8 Å². The number of aromatic nitrogens is 2. The van der Waals surface area contributed by atoms with Crippen LogP contribution in [-0.2, 0) is 101 Å². The smallest absolute Gasteiger partial charge is 0.246 e. The number of aromatic hydroxyl groups is 1. The van der Waals surface area contributed by atoms with E-state index in [1.807, 2.05) is 13.8 Å². The van der Waals surface area contributed by atoms with Crippen LogP contribution in [0.2, 0.25) is 0 Å². The number of hydrogen-bond acceptors (Lipinski definition) is 24. The van der Waals surface area contributed by atoms with Crippen LogP contribution in [0.15, 0.2) is 85.2 Å². The number of nitrogens with one attached hydrogen (secondary N) is 14. The molecule has 5 aromatic rings. The highest BCUT2D eigenvalue weighted by Gasteiger charge is 2.45. The Labute approximate surface area is 767 Å². The Hall–Kier alpha value is -13.0. The Morgan fingerprint density at radius 2 is 1.03 bits per heavy atom. The van der Waals surface area contributed by atoms with E-state index in [0.29, 0.717) is 64.2 Å². The highest BCUT2D eigenvalue weighted by Crippen LogP contribution is 2.28. The molecule has 3 saturated heterocycles. The molecule has 0 saturated carbocycles. The van der Waals surface area contributed by atoms with Crippen molar-refractivity contribution in [2.45, 2.75) is 227 Å². The Bertz CT molecular complexity index is 4940. The monoisotopic (exact) mass is 1860 g/mol. The molecule has 15 atom stereocenters. The van der Waals surface area contributed by atoms with Crippen LogP contribution >= 0.6 is 11.8 Å². The zero-order chi connectivity index (χ0) is 96.7. The molecule has 0 aliphatic carbocycles. The molecule has 17 amide bonds. The summed E-state index contributed by atoms with van der Waals surface area (Å²) in [6.45, 7) is 2.29. The first-order valence-corrected chi connectivity index (χ1v) is 45.3. The highest BCUT2D eigenvalue weighted by molar-refractivity contribution is 8.00. The van der Waals surface area contributed by atoms with Crippen molar-refractivity contribution in [3.8, 4) is 5.75 Å². The molecule has 3 aromatic carbocycles. The summed E-state index contributed by atoms with van der Waals surface area (Å²) in [5.41, 5.74) is 31.2. The molecule has 132 heavy (non-hydrogen) atoms. The number of benzene rings is 3. The van der Waals surface area contributed by atoms with Crippen molar-refractivity contribution in [2.75, 3.05) is 72.0 Å². The third-order valence-electron chi connectivity index (χ3n) is 23.7. The van der Waals surface area contributed by atoms with Crippen molar-refractivity contribution in [3.63, 3.8) is 0 Å². The Balaban J connectivity index is 1.18. The second-order valence-electron chi connectivity index (χ2n) is 33.3. The summed E-state index contributed by atoms with van der Waals surface area (Å²) in [6.07, 6.45) is 0.663. The van der Waals surface area contributed by atoms with E-state index in [4.69, 9.17) is 34.1 Å². The average Bonchev–Trinajstić information content (AvgIpc) is 1.67. The van der Waals surface area contributed by atoms with Gasteiger partial charge in [0, 0.05) is 99.5 Å². The molecule has 3 aliphatic heterocycles.